The topological polar surface area (TPSA) is 73.6 Å². The van der Waals surface area contributed by atoms with Crippen LogP contribution in [0.5, 0.6) is 5.75 Å². The molecule has 0 radical (unpaired) electrons. The predicted octanol–water partition coefficient (Wildman–Crippen LogP) is 2.91. The van der Waals surface area contributed by atoms with Gasteiger partial charge in [-0.2, -0.15) is 27.8 Å². The van der Waals surface area contributed by atoms with Crippen molar-refractivity contribution in [2.75, 3.05) is 19.5 Å². The monoisotopic (exact) mass is 367 g/mol. The highest BCUT2D eigenvalue weighted by Gasteiger charge is 2.33. The van der Waals surface area contributed by atoms with E-state index in [1.165, 1.54) is 37.2 Å². The highest BCUT2D eigenvalue weighted by molar-refractivity contribution is 5.46. The maximum Gasteiger partial charge on any atom is 0.416 e. The van der Waals surface area contributed by atoms with E-state index in [0.717, 1.165) is 6.07 Å². The molecule has 2 aromatic heterocycles. The third-order valence-electron chi connectivity index (χ3n) is 3.68. The summed E-state index contributed by atoms with van der Waals surface area (Å²) in [7, 11) is 2.85. The van der Waals surface area contributed by atoms with Crippen LogP contribution in [-0.2, 0) is 24.1 Å². The van der Waals surface area contributed by atoms with Crippen LogP contribution in [0.15, 0.2) is 30.6 Å². The molecule has 1 aromatic carbocycles. The minimum atomic E-state index is -4.49. The molecule has 0 saturated heterocycles. The Kier molecular flexibility index (Phi) is 4.94. The van der Waals surface area contributed by atoms with E-state index in [2.05, 4.69) is 20.4 Å². The van der Waals surface area contributed by atoms with Crippen molar-refractivity contribution < 1.29 is 22.6 Å². The Balaban J connectivity index is 1.92. The smallest absolute Gasteiger partial charge is 0.416 e. The van der Waals surface area contributed by atoms with Crippen molar-refractivity contribution in [1.82, 2.24) is 19.6 Å². The number of nitrogens with one attached hydrogen (secondary N) is 1. The van der Waals surface area contributed by atoms with Gasteiger partial charge in [-0.25, -0.2) is 4.98 Å². The predicted molar refractivity (Wildman–Crippen MR) is 86.8 cm³/mol. The normalized spacial score (nSPS) is 11.7. The Bertz CT molecular complexity index is 911. The molecule has 0 bridgehead atoms. The van der Waals surface area contributed by atoms with Crippen LogP contribution in [0.25, 0.3) is 5.78 Å². The number of nitrogens with zero attached hydrogens (tertiary/aromatic N) is 4. The summed E-state index contributed by atoms with van der Waals surface area (Å²) in [6.45, 7) is 0.179. The Morgan fingerprint density at radius 3 is 2.69 bits per heavy atom. The molecule has 138 valence electrons. The largest absolute Gasteiger partial charge is 0.497 e. The number of hydrogen-bond donors (Lipinski definition) is 1. The van der Waals surface area contributed by atoms with Crippen LogP contribution in [0, 0.1) is 0 Å². The van der Waals surface area contributed by atoms with Gasteiger partial charge in [-0.15, -0.1) is 0 Å². The molecule has 0 unspecified atom stereocenters. The van der Waals surface area contributed by atoms with Crippen LogP contribution in [0.3, 0.4) is 0 Å². The Labute approximate surface area is 146 Å². The second-order valence-electron chi connectivity index (χ2n) is 5.41. The van der Waals surface area contributed by atoms with Crippen LogP contribution in [0.4, 0.5) is 19.0 Å². The van der Waals surface area contributed by atoms with Gasteiger partial charge in [0, 0.05) is 19.7 Å². The van der Waals surface area contributed by atoms with Gasteiger partial charge in [-0.3, -0.25) is 0 Å². The first-order valence-electron chi connectivity index (χ1n) is 7.59. The van der Waals surface area contributed by atoms with E-state index < -0.39 is 11.7 Å². The average molecular weight is 367 g/mol. The van der Waals surface area contributed by atoms with E-state index in [1.807, 2.05) is 0 Å². The molecule has 3 aromatic rings. The number of alkyl halides is 3. The molecule has 0 amide bonds. The molecule has 26 heavy (non-hydrogen) atoms. The molecule has 0 spiro atoms. The molecule has 10 heteroatoms. The third kappa shape index (κ3) is 3.69. The van der Waals surface area contributed by atoms with E-state index >= 15 is 0 Å². The summed E-state index contributed by atoms with van der Waals surface area (Å²) < 4.78 is 51.3. The van der Waals surface area contributed by atoms with Crippen molar-refractivity contribution >= 4 is 11.6 Å². The van der Waals surface area contributed by atoms with Crippen molar-refractivity contribution in [3.05, 3.63) is 47.4 Å². The van der Waals surface area contributed by atoms with Crippen molar-refractivity contribution in [2.24, 2.45) is 0 Å². The SMILES string of the molecule is COCc1cc(NCc2ccc(OC)cc2C(F)(F)F)n2ncnc2n1. The summed E-state index contributed by atoms with van der Waals surface area (Å²) >= 11 is 0. The summed E-state index contributed by atoms with van der Waals surface area (Å²) in [6, 6.07) is 5.50. The van der Waals surface area contributed by atoms with Crippen LogP contribution in [0.2, 0.25) is 0 Å². The van der Waals surface area contributed by atoms with Gasteiger partial charge in [0.2, 0.25) is 0 Å². The molecule has 0 aliphatic rings. The molecule has 0 aliphatic heterocycles. The first-order chi connectivity index (χ1) is 12.4. The lowest BCUT2D eigenvalue weighted by atomic mass is 10.1. The van der Waals surface area contributed by atoms with Crippen molar-refractivity contribution in [2.45, 2.75) is 19.3 Å². The van der Waals surface area contributed by atoms with Gasteiger partial charge in [-0.05, 0) is 17.7 Å². The minimum Gasteiger partial charge on any atom is -0.497 e. The standard InChI is InChI=1S/C16H16F3N5O2/c1-25-8-11-5-14(24-15(23-11)21-9-22-24)20-7-10-3-4-12(26-2)6-13(10)16(17,18)19/h3-6,9,20H,7-8H2,1-2H3. The molecule has 0 fully saturated rings. The lowest BCUT2D eigenvalue weighted by molar-refractivity contribution is -0.138. The second kappa shape index (κ2) is 7.16. The highest BCUT2D eigenvalue weighted by Crippen LogP contribution is 2.34. The lowest BCUT2D eigenvalue weighted by Gasteiger charge is -2.16. The number of aromatic nitrogens is 4. The molecule has 0 atom stereocenters. The summed E-state index contributed by atoms with van der Waals surface area (Å²) in [4.78, 5) is 8.25. The van der Waals surface area contributed by atoms with Crippen molar-refractivity contribution in [3.8, 4) is 5.75 Å². The zero-order valence-electron chi connectivity index (χ0n) is 14.0. The lowest BCUT2D eigenvalue weighted by Crippen LogP contribution is -2.14. The van der Waals surface area contributed by atoms with E-state index in [-0.39, 0.29) is 24.5 Å². The van der Waals surface area contributed by atoms with E-state index in [0.29, 0.717) is 17.3 Å². The maximum absolute atomic E-state index is 13.3. The van der Waals surface area contributed by atoms with E-state index in [1.54, 1.807) is 6.07 Å². The quantitative estimate of drug-likeness (QED) is 0.722. The summed E-state index contributed by atoms with van der Waals surface area (Å²) in [5.74, 6) is 0.933. The van der Waals surface area contributed by atoms with Crippen LogP contribution in [0.1, 0.15) is 16.8 Å². The summed E-state index contributed by atoms with van der Waals surface area (Å²) in [5.41, 5.74) is -0.0942. The Morgan fingerprint density at radius 2 is 2.00 bits per heavy atom. The summed E-state index contributed by atoms with van der Waals surface area (Å²) in [5, 5.41) is 6.99. The first-order valence-corrected chi connectivity index (χ1v) is 7.59. The number of fused-ring (bicyclic) bond motifs is 1. The molecule has 0 saturated carbocycles. The number of rotatable bonds is 6. The second-order valence-corrected chi connectivity index (χ2v) is 5.41. The minimum absolute atomic E-state index is 0.0652. The fourth-order valence-electron chi connectivity index (χ4n) is 2.50. The van der Waals surface area contributed by atoms with E-state index in [9.17, 15) is 13.2 Å². The van der Waals surface area contributed by atoms with Gasteiger partial charge in [0.15, 0.2) is 0 Å². The third-order valence-corrected chi connectivity index (χ3v) is 3.68. The molecular formula is C16H16F3N5O2. The zero-order valence-corrected chi connectivity index (χ0v) is 14.0. The first kappa shape index (κ1) is 17.9. The highest BCUT2D eigenvalue weighted by atomic mass is 19.4. The average Bonchev–Trinajstić information content (AvgIpc) is 3.07. The number of methoxy groups -OCH3 is 2. The molecule has 3 rings (SSSR count). The number of anilines is 1. The summed E-state index contributed by atoms with van der Waals surface area (Å²) in [6.07, 6.45) is -3.17. The number of halogens is 3. The van der Waals surface area contributed by atoms with Crippen LogP contribution >= 0.6 is 0 Å². The zero-order chi connectivity index (χ0) is 18.7. The van der Waals surface area contributed by atoms with Crippen molar-refractivity contribution in [1.29, 1.82) is 0 Å². The molecule has 0 aliphatic carbocycles. The van der Waals surface area contributed by atoms with Gasteiger partial charge in [-0.1, -0.05) is 6.07 Å². The van der Waals surface area contributed by atoms with Crippen LogP contribution < -0.4 is 10.1 Å². The number of benzene rings is 1. The molecular weight excluding hydrogens is 351 g/mol. The fourth-order valence-corrected chi connectivity index (χ4v) is 2.50. The molecule has 1 N–H and O–H groups in total. The Morgan fingerprint density at radius 1 is 1.19 bits per heavy atom. The number of ether oxygens (including phenoxy) is 2. The fraction of sp³-hybridized carbons (Fsp3) is 0.312. The number of hydrogen-bond acceptors (Lipinski definition) is 6. The van der Waals surface area contributed by atoms with Gasteiger partial charge < -0.3 is 14.8 Å². The van der Waals surface area contributed by atoms with Gasteiger partial charge in [0.25, 0.3) is 5.78 Å². The molecule has 2 heterocycles. The van der Waals surface area contributed by atoms with Gasteiger partial charge in [0.05, 0.1) is 25.0 Å². The van der Waals surface area contributed by atoms with E-state index in [4.69, 9.17) is 9.47 Å². The molecule has 7 nitrogen and oxygen atoms in total. The van der Waals surface area contributed by atoms with Crippen molar-refractivity contribution in [3.63, 3.8) is 0 Å². The Hall–Kier alpha value is -2.88. The van der Waals surface area contributed by atoms with Gasteiger partial charge in [0.1, 0.15) is 17.9 Å². The van der Waals surface area contributed by atoms with Crippen LogP contribution in [-0.4, -0.2) is 33.8 Å². The van der Waals surface area contributed by atoms with Gasteiger partial charge >= 0.3 is 6.18 Å². The maximum atomic E-state index is 13.3.